The van der Waals surface area contributed by atoms with Crippen molar-refractivity contribution in [3.8, 4) is 0 Å². The molecule has 0 radical (unpaired) electrons. The predicted molar refractivity (Wildman–Crippen MR) is 88.8 cm³/mol. The van der Waals surface area contributed by atoms with Gasteiger partial charge < -0.3 is 14.4 Å². The van der Waals surface area contributed by atoms with Gasteiger partial charge in [0.25, 0.3) is 5.69 Å². The van der Waals surface area contributed by atoms with Gasteiger partial charge >= 0.3 is 0 Å². The molecule has 24 heavy (non-hydrogen) atoms. The monoisotopic (exact) mass is 331 g/mol. The summed E-state index contributed by atoms with van der Waals surface area (Å²) in [5, 5.41) is 21.2. The second-order valence-electron chi connectivity index (χ2n) is 6.10. The molecule has 0 unspecified atom stereocenters. The summed E-state index contributed by atoms with van der Waals surface area (Å²) in [5.41, 5.74) is -0.0132. The molecule has 1 N–H and O–H groups in total. The van der Waals surface area contributed by atoms with Gasteiger partial charge in [-0.3, -0.25) is 10.1 Å². The number of rotatable bonds is 5. The van der Waals surface area contributed by atoms with Crippen LogP contribution in [0, 0.1) is 10.1 Å². The van der Waals surface area contributed by atoms with Crippen LogP contribution in [-0.2, 0) is 0 Å². The molecule has 1 aliphatic rings. The van der Waals surface area contributed by atoms with E-state index < -0.39 is 11.0 Å². The van der Waals surface area contributed by atoms with Crippen LogP contribution in [0.5, 0.6) is 0 Å². The highest BCUT2D eigenvalue weighted by atomic mass is 16.6. The Balaban J connectivity index is 1.78. The van der Waals surface area contributed by atoms with E-state index in [9.17, 15) is 15.2 Å². The third-order valence-corrected chi connectivity index (χ3v) is 4.48. The molecule has 7 heteroatoms. The number of aliphatic hydroxyl groups is 1. The van der Waals surface area contributed by atoms with Crippen LogP contribution in [0.15, 0.2) is 41.1 Å². The lowest BCUT2D eigenvalue weighted by atomic mass is 10.0. The Morgan fingerprint density at radius 1 is 1.38 bits per heavy atom. The first-order valence-electron chi connectivity index (χ1n) is 8.23. The molecule has 1 fully saturated rings. The van der Waals surface area contributed by atoms with Gasteiger partial charge in [0.15, 0.2) is 0 Å². The van der Waals surface area contributed by atoms with Crippen molar-refractivity contribution in [2.75, 3.05) is 11.4 Å². The van der Waals surface area contributed by atoms with Crippen molar-refractivity contribution in [3.05, 3.63) is 52.6 Å². The van der Waals surface area contributed by atoms with Crippen LogP contribution in [0.25, 0.3) is 0 Å². The minimum absolute atomic E-state index is 0.0132. The lowest BCUT2D eigenvalue weighted by molar-refractivity contribution is -0.385. The number of anilines is 1. The topological polar surface area (TPSA) is 92.6 Å². The summed E-state index contributed by atoms with van der Waals surface area (Å²) in [4.78, 5) is 16.8. The van der Waals surface area contributed by atoms with Gasteiger partial charge in [0.05, 0.1) is 11.2 Å². The molecule has 0 spiro atoms. The molecular weight excluding hydrogens is 310 g/mol. The third kappa shape index (κ3) is 3.73. The molecule has 128 valence electrons. The maximum absolute atomic E-state index is 10.8. The Morgan fingerprint density at radius 3 is 2.92 bits per heavy atom. The fourth-order valence-electron chi connectivity index (χ4n) is 3.23. The molecule has 0 saturated carbocycles. The quantitative estimate of drug-likeness (QED) is 0.666. The van der Waals surface area contributed by atoms with Crippen LogP contribution in [0.3, 0.4) is 0 Å². The van der Waals surface area contributed by atoms with Crippen molar-refractivity contribution in [2.45, 2.75) is 44.2 Å². The van der Waals surface area contributed by atoms with Crippen molar-refractivity contribution < 1.29 is 14.4 Å². The molecule has 0 aliphatic carbocycles. The molecule has 1 saturated heterocycles. The smallest absolute Gasteiger partial charge is 0.287 e. The summed E-state index contributed by atoms with van der Waals surface area (Å²) < 4.78 is 5.29. The third-order valence-electron chi connectivity index (χ3n) is 4.48. The van der Waals surface area contributed by atoms with Gasteiger partial charge in [-0.25, -0.2) is 4.98 Å². The van der Waals surface area contributed by atoms with E-state index >= 15 is 0 Å². The van der Waals surface area contributed by atoms with E-state index in [1.807, 2.05) is 0 Å². The summed E-state index contributed by atoms with van der Waals surface area (Å²) in [6.07, 6.45) is 6.97. The van der Waals surface area contributed by atoms with Crippen molar-refractivity contribution in [3.63, 3.8) is 0 Å². The average molecular weight is 331 g/mol. The number of furan rings is 1. The fourth-order valence-corrected chi connectivity index (χ4v) is 3.23. The fraction of sp³-hybridized carbons (Fsp3) is 0.471. The van der Waals surface area contributed by atoms with Crippen LogP contribution in [-0.4, -0.2) is 27.6 Å². The first kappa shape index (κ1) is 16.4. The van der Waals surface area contributed by atoms with Gasteiger partial charge in [0.1, 0.15) is 23.9 Å². The number of nitro groups is 1. The number of nitrogens with zero attached hydrogens (tertiary/aromatic N) is 3. The minimum Gasteiger partial charge on any atom is -0.467 e. The van der Waals surface area contributed by atoms with Crippen LogP contribution in [0.4, 0.5) is 11.5 Å². The molecule has 1 aliphatic heterocycles. The lowest BCUT2D eigenvalue weighted by Gasteiger charge is -2.32. The molecule has 2 atom stereocenters. The highest BCUT2D eigenvalue weighted by molar-refractivity contribution is 5.44. The SMILES string of the molecule is O=[N+]([O-])c1ccc(N2CCCCC[C@H]2C[C@@H](O)c2ccco2)nc1. The van der Waals surface area contributed by atoms with Gasteiger partial charge in [0, 0.05) is 25.1 Å². The first-order chi connectivity index (χ1) is 11.6. The largest absolute Gasteiger partial charge is 0.467 e. The zero-order chi connectivity index (χ0) is 16.9. The van der Waals surface area contributed by atoms with E-state index in [4.69, 9.17) is 4.42 Å². The van der Waals surface area contributed by atoms with Crippen LogP contribution >= 0.6 is 0 Å². The maximum atomic E-state index is 10.8. The second kappa shape index (κ2) is 7.44. The zero-order valence-corrected chi connectivity index (χ0v) is 13.4. The molecule has 2 aromatic rings. The normalized spacial score (nSPS) is 19.7. The van der Waals surface area contributed by atoms with Crippen molar-refractivity contribution >= 4 is 11.5 Å². The van der Waals surface area contributed by atoms with Crippen LogP contribution in [0.1, 0.15) is 44.0 Å². The van der Waals surface area contributed by atoms with E-state index in [0.717, 1.165) is 38.0 Å². The van der Waals surface area contributed by atoms with E-state index in [0.29, 0.717) is 12.2 Å². The number of hydrogen-bond donors (Lipinski definition) is 1. The Morgan fingerprint density at radius 2 is 2.25 bits per heavy atom. The summed E-state index contributed by atoms with van der Waals surface area (Å²) in [6.45, 7) is 0.834. The van der Waals surface area contributed by atoms with Gasteiger partial charge in [-0.1, -0.05) is 12.8 Å². The minimum atomic E-state index is -0.663. The van der Waals surface area contributed by atoms with E-state index in [1.165, 1.54) is 12.3 Å². The Labute approximate surface area is 140 Å². The van der Waals surface area contributed by atoms with Gasteiger partial charge in [-0.05, 0) is 31.0 Å². The highest BCUT2D eigenvalue weighted by Gasteiger charge is 2.26. The van der Waals surface area contributed by atoms with Crippen molar-refractivity contribution in [1.29, 1.82) is 0 Å². The molecular formula is C17H21N3O4. The van der Waals surface area contributed by atoms with Crippen molar-refractivity contribution in [2.24, 2.45) is 0 Å². The highest BCUT2D eigenvalue weighted by Crippen LogP contribution is 2.30. The lowest BCUT2D eigenvalue weighted by Crippen LogP contribution is -2.36. The number of aromatic nitrogens is 1. The number of pyridine rings is 1. The molecule has 2 aromatic heterocycles. The van der Waals surface area contributed by atoms with Gasteiger partial charge in [-0.15, -0.1) is 0 Å². The molecule has 0 amide bonds. The van der Waals surface area contributed by atoms with Crippen LogP contribution < -0.4 is 4.90 Å². The average Bonchev–Trinajstić information content (AvgIpc) is 3.03. The Bertz CT molecular complexity index is 657. The van der Waals surface area contributed by atoms with E-state index in [1.54, 1.807) is 24.5 Å². The van der Waals surface area contributed by atoms with Gasteiger partial charge in [0.2, 0.25) is 0 Å². The number of aliphatic hydroxyl groups excluding tert-OH is 1. The maximum Gasteiger partial charge on any atom is 0.287 e. The molecule has 0 bridgehead atoms. The number of hydrogen-bond acceptors (Lipinski definition) is 6. The summed E-state index contributed by atoms with van der Waals surface area (Å²) in [7, 11) is 0. The standard InChI is InChI=1S/C17H21N3O4/c21-15(16-6-4-10-24-16)11-13-5-2-1-3-9-19(13)17-8-7-14(12-18-17)20(22)23/h4,6-8,10,12-13,15,21H,1-3,5,9,11H2/t13-,15+/m0/s1. The summed E-state index contributed by atoms with van der Waals surface area (Å²) in [5.74, 6) is 1.29. The first-order valence-corrected chi connectivity index (χ1v) is 8.23. The molecule has 3 rings (SSSR count). The Kier molecular flexibility index (Phi) is 5.10. The summed E-state index contributed by atoms with van der Waals surface area (Å²) >= 11 is 0. The summed E-state index contributed by atoms with van der Waals surface area (Å²) in [6, 6.07) is 6.83. The molecule has 3 heterocycles. The van der Waals surface area contributed by atoms with Crippen molar-refractivity contribution in [1.82, 2.24) is 4.98 Å². The van der Waals surface area contributed by atoms with Crippen LogP contribution in [0.2, 0.25) is 0 Å². The zero-order valence-electron chi connectivity index (χ0n) is 13.4. The second-order valence-corrected chi connectivity index (χ2v) is 6.10. The predicted octanol–water partition coefficient (Wildman–Crippen LogP) is 3.46. The Hall–Kier alpha value is -2.41. The molecule has 7 nitrogen and oxygen atoms in total. The van der Waals surface area contributed by atoms with E-state index in [2.05, 4.69) is 9.88 Å². The van der Waals surface area contributed by atoms with Gasteiger partial charge in [-0.2, -0.15) is 0 Å². The van der Waals surface area contributed by atoms with E-state index in [-0.39, 0.29) is 11.7 Å². The molecule has 0 aromatic carbocycles.